The molecule has 0 amide bonds. The van der Waals surface area contributed by atoms with Gasteiger partial charge in [-0.15, -0.1) is 22.7 Å². The van der Waals surface area contributed by atoms with Crippen LogP contribution in [0.3, 0.4) is 0 Å². The summed E-state index contributed by atoms with van der Waals surface area (Å²) in [5, 5.41) is 0. The summed E-state index contributed by atoms with van der Waals surface area (Å²) in [7, 11) is 3.13. The predicted molar refractivity (Wildman–Crippen MR) is 146 cm³/mol. The maximum atomic E-state index is 15.5. The van der Waals surface area contributed by atoms with Gasteiger partial charge in [0, 0.05) is 30.6 Å². The second-order valence-electron chi connectivity index (χ2n) is 8.62. The van der Waals surface area contributed by atoms with Crippen molar-refractivity contribution in [2.24, 2.45) is 0 Å². The summed E-state index contributed by atoms with van der Waals surface area (Å²) in [4.78, 5) is 2.84. The van der Waals surface area contributed by atoms with Crippen LogP contribution in [-0.2, 0) is 0 Å². The van der Waals surface area contributed by atoms with Gasteiger partial charge in [0.05, 0.1) is 14.2 Å². The second kappa shape index (κ2) is 10.3. The van der Waals surface area contributed by atoms with E-state index in [-0.39, 0.29) is 11.1 Å². The first-order valence-corrected chi connectivity index (χ1v) is 13.2. The lowest BCUT2D eigenvalue weighted by atomic mass is 9.92. The summed E-state index contributed by atoms with van der Waals surface area (Å²) < 4.78 is 70.6. The quantitative estimate of drug-likeness (QED) is 0.118. The van der Waals surface area contributed by atoms with Gasteiger partial charge >= 0.3 is 0 Å². The summed E-state index contributed by atoms with van der Waals surface area (Å²) in [5.74, 6) is -5.14. The third kappa shape index (κ3) is 4.48. The van der Waals surface area contributed by atoms with E-state index in [1.165, 1.54) is 22.7 Å². The molecule has 5 rings (SSSR count). The third-order valence-electron chi connectivity index (χ3n) is 6.39. The van der Waals surface area contributed by atoms with Crippen molar-refractivity contribution in [3.8, 4) is 54.6 Å². The lowest BCUT2D eigenvalue weighted by molar-refractivity contribution is 0.412. The number of aryl methyl sites for hydroxylation is 2. The summed E-state index contributed by atoms with van der Waals surface area (Å²) in [5.41, 5.74) is 1.70. The molecule has 0 saturated carbocycles. The Morgan fingerprint density at radius 1 is 0.526 bits per heavy atom. The van der Waals surface area contributed by atoms with E-state index in [9.17, 15) is 8.78 Å². The number of benzene rings is 3. The van der Waals surface area contributed by atoms with E-state index in [2.05, 4.69) is 0 Å². The van der Waals surface area contributed by atoms with E-state index in [0.717, 1.165) is 20.9 Å². The average Bonchev–Trinajstić information content (AvgIpc) is 3.51. The highest BCUT2D eigenvalue weighted by Crippen LogP contribution is 2.47. The van der Waals surface area contributed by atoms with Crippen molar-refractivity contribution in [3.63, 3.8) is 0 Å². The Morgan fingerprint density at radius 3 is 1.18 bits per heavy atom. The molecule has 0 atom stereocenters. The van der Waals surface area contributed by atoms with Gasteiger partial charge in [0.15, 0.2) is 23.3 Å². The molecule has 0 N–H and O–H groups in total. The summed E-state index contributed by atoms with van der Waals surface area (Å²) >= 11 is 2.72. The SMILES string of the molecule is COc1ccc(-c2cc(-c3c(F)c(F)c(F)c(F)c3-c3cc(-c4ccc(OC)cc4)sc3C)c(C)s2)cc1. The molecule has 194 valence electrons. The smallest absolute Gasteiger partial charge is 0.198 e. The van der Waals surface area contributed by atoms with Crippen molar-refractivity contribution in [2.45, 2.75) is 13.8 Å². The Kier molecular flexibility index (Phi) is 7.03. The fraction of sp³-hybridized carbons (Fsp3) is 0.133. The standard InChI is InChI=1S/C30H22F4O2S2/c1-15-21(13-23(37-15)17-5-9-19(35-3)10-6-17)25-26(28(32)30(34)29(33)27(25)31)22-14-24(38-16(22)2)18-7-11-20(36-4)12-8-18/h5-14H,1-4H3. The van der Waals surface area contributed by atoms with Crippen LogP contribution in [0.4, 0.5) is 17.6 Å². The van der Waals surface area contributed by atoms with Gasteiger partial charge in [-0.1, -0.05) is 0 Å². The van der Waals surface area contributed by atoms with Crippen molar-refractivity contribution in [2.75, 3.05) is 14.2 Å². The summed E-state index contributed by atoms with van der Waals surface area (Å²) in [6.07, 6.45) is 0. The zero-order chi connectivity index (χ0) is 27.1. The molecule has 0 spiro atoms. The van der Waals surface area contributed by atoms with Crippen LogP contribution >= 0.6 is 22.7 Å². The second-order valence-corrected chi connectivity index (χ2v) is 11.1. The maximum absolute atomic E-state index is 15.5. The van der Waals surface area contributed by atoms with Gasteiger partial charge in [-0.3, -0.25) is 0 Å². The maximum Gasteiger partial charge on any atom is 0.198 e. The Balaban J connectivity index is 1.70. The van der Waals surface area contributed by atoms with Crippen molar-refractivity contribution in [1.29, 1.82) is 0 Å². The molecule has 0 aliphatic heterocycles. The molecule has 38 heavy (non-hydrogen) atoms. The zero-order valence-corrected chi connectivity index (χ0v) is 22.6. The lowest BCUT2D eigenvalue weighted by Crippen LogP contribution is -2.03. The topological polar surface area (TPSA) is 18.5 Å². The molecule has 0 fully saturated rings. The molecule has 2 aromatic heterocycles. The Bertz CT molecular complexity index is 1510. The normalized spacial score (nSPS) is 11.2. The molecule has 8 heteroatoms. The number of halogens is 4. The molecule has 0 aliphatic carbocycles. The fourth-order valence-corrected chi connectivity index (χ4v) is 6.46. The number of methoxy groups -OCH3 is 2. The molecule has 2 nitrogen and oxygen atoms in total. The molecule has 5 aromatic rings. The highest BCUT2D eigenvalue weighted by molar-refractivity contribution is 7.16. The van der Waals surface area contributed by atoms with E-state index < -0.39 is 23.3 Å². The first-order valence-electron chi connectivity index (χ1n) is 11.6. The van der Waals surface area contributed by atoms with Crippen molar-refractivity contribution < 1.29 is 27.0 Å². The summed E-state index contributed by atoms with van der Waals surface area (Å²) in [6.45, 7) is 3.50. The first kappa shape index (κ1) is 26.0. The minimum Gasteiger partial charge on any atom is -0.497 e. The van der Waals surface area contributed by atoms with Crippen LogP contribution < -0.4 is 9.47 Å². The predicted octanol–water partition coefficient (Wildman–Crippen LogP) is 9.67. The van der Waals surface area contributed by atoms with Crippen LogP contribution in [-0.4, -0.2) is 14.2 Å². The fourth-order valence-electron chi connectivity index (χ4n) is 4.39. The Hall–Kier alpha value is -3.62. The van der Waals surface area contributed by atoms with Crippen molar-refractivity contribution in [1.82, 2.24) is 0 Å². The number of thiophene rings is 2. The monoisotopic (exact) mass is 554 g/mol. The molecule has 3 aromatic carbocycles. The molecular formula is C30H22F4O2S2. The van der Waals surface area contributed by atoms with Crippen molar-refractivity contribution >= 4 is 22.7 Å². The molecule has 0 saturated heterocycles. The Labute approximate surface area is 225 Å². The van der Waals surface area contributed by atoms with Gasteiger partial charge in [0.25, 0.3) is 0 Å². The molecular weight excluding hydrogens is 532 g/mol. The number of hydrogen-bond acceptors (Lipinski definition) is 4. The van der Waals surface area contributed by atoms with Crippen LogP contribution in [0, 0.1) is 37.1 Å². The van der Waals surface area contributed by atoms with Gasteiger partial charge in [0.2, 0.25) is 0 Å². The highest BCUT2D eigenvalue weighted by atomic mass is 32.1. The van der Waals surface area contributed by atoms with E-state index in [0.29, 0.717) is 32.4 Å². The summed E-state index contributed by atoms with van der Waals surface area (Å²) in [6, 6.07) is 17.9. The molecule has 0 bridgehead atoms. The minimum atomic E-state index is -1.83. The van der Waals surface area contributed by atoms with Gasteiger partial charge in [0.1, 0.15) is 11.5 Å². The molecule has 0 unspecified atom stereocenters. The van der Waals surface area contributed by atoms with Crippen LogP contribution in [0.2, 0.25) is 0 Å². The van der Waals surface area contributed by atoms with E-state index in [1.807, 2.05) is 24.3 Å². The number of hydrogen-bond donors (Lipinski definition) is 0. The average molecular weight is 555 g/mol. The van der Waals surface area contributed by atoms with Crippen LogP contribution in [0.25, 0.3) is 43.1 Å². The number of rotatable bonds is 6. The van der Waals surface area contributed by atoms with Gasteiger partial charge in [-0.25, -0.2) is 17.6 Å². The van der Waals surface area contributed by atoms with Gasteiger partial charge < -0.3 is 9.47 Å². The molecule has 2 heterocycles. The van der Waals surface area contributed by atoms with E-state index in [1.54, 1.807) is 64.5 Å². The molecule has 0 aliphatic rings. The number of ether oxygens (including phenoxy) is 2. The zero-order valence-electron chi connectivity index (χ0n) is 20.9. The van der Waals surface area contributed by atoms with Crippen LogP contribution in [0.1, 0.15) is 9.75 Å². The van der Waals surface area contributed by atoms with Crippen LogP contribution in [0.5, 0.6) is 11.5 Å². The van der Waals surface area contributed by atoms with Gasteiger partial charge in [-0.05, 0) is 96.8 Å². The van der Waals surface area contributed by atoms with E-state index in [4.69, 9.17) is 9.47 Å². The molecule has 0 radical (unpaired) electrons. The highest BCUT2D eigenvalue weighted by Gasteiger charge is 2.30. The largest absolute Gasteiger partial charge is 0.497 e. The van der Waals surface area contributed by atoms with Crippen molar-refractivity contribution in [3.05, 3.63) is 93.7 Å². The van der Waals surface area contributed by atoms with Crippen LogP contribution in [0.15, 0.2) is 60.7 Å². The third-order valence-corrected chi connectivity index (χ3v) is 8.59. The first-order chi connectivity index (χ1) is 18.2. The lowest BCUT2D eigenvalue weighted by Gasteiger charge is -2.14. The van der Waals surface area contributed by atoms with Gasteiger partial charge in [-0.2, -0.15) is 0 Å². The minimum absolute atomic E-state index is 0.294. The Morgan fingerprint density at radius 2 is 0.868 bits per heavy atom. The van der Waals surface area contributed by atoms with E-state index >= 15 is 8.78 Å².